The Morgan fingerprint density at radius 2 is 1.88 bits per heavy atom. The molecule has 2 aromatic rings. The van der Waals surface area contributed by atoms with Crippen LogP contribution in [0, 0.1) is 11.6 Å². The predicted molar refractivity (Wildman–Crippen MR) is 58.1 cm³/mol. The monoisotopic (exact) mass is 225 g/mol. The molecule has 3 nitrogen and oxygen atoms in total. The molecule has 1 heterocycles. The average Bonchev–Trinajstić information content (AvgIpc) is 2.62. The Bertz CT molecular complexity index is 492. The highest BCUT2D eigenvalue weighted by Gasteiger charge is 2.22. The van der Waals surface area contributed by atoms with E-state index >= 15 is 0 Å². The Balaban J connectivity index is 2.61. The Morgan fingerprint density at radius 1 is 1.25 bits per heavy atom. The fraction of sp³-hybridized carbons (Fsp3) is 0.364. The lowest BCUT2D eigenvalue weighted by atomic mass is 10.1. The summed E-state index contributed by atoms with van der Waals surface area (Å²) in [5, 5.41) is 3.07. The van der Waals surface area contributed by atoms with Gasteiger partial charge in [-0.05, 0) is 20.9 Å². The van der Waals surface area contributed by atoms with Gasteiger partial charge in [0.15, 0.2) is 11.6 Å². The van der Waals surface area contributed by atoms with Crippen LogP contribution in [0.1, 0.15) is 19.7 Å². The molecule has 0 atom stereocenters. The zero-order valence-corrected chi connectivity index (χ0v) is 9.36. The lowest BCUT2D eigenvalue weighted by Crippen LogP contribution is -2.34. The van der Waals surface area contributed by atoms with Gasteiger partial charge in [-0.1, -0.05) is 0 Å². The van der Waals surface area contributed by atoms with Crippen molar-refractivity contribution >= 4 is 11.0 Å². The largest absolute Gasteiger partial charge is 0.340 e. The normalized spacial score (nSPS) is 12.3. The van der Waals surface area contributed by atoms with Gasteiger partial charge in [0.1, 0.15) is 5.82 Å². The van der Waals surface area contributed by atoms with Crippen LogP contribution in [0.5, 0.6) is 0 Å². The Labute approximate surface area is 91.9 Å². The third-order valence-corrected chi connectivity index (χ3v) is 2.74. The fourth-order valence-electron chi connectivity index (χ4n) is 1.42. The minimum atomic E-state index is -0.882. The number of benzene rings is 1. The summed E-state index contributed by atoms with van der Waals surface area (Å²) >= 11 is 0. The van der Waals surface area contributed by atoms with Gasteiger partial charge in [0.25, 0.3) is 0 Å². The van der Waals surface area contributed by atoms with E-state index in [0.717, 1.165) is 12.1 Å². The van der Waals surface area contributed by atoms with E-state index in [2.05, 4.69) is 15.3 Å². The zero-order chi connectivity index (χ0) is 11.9. The third-order valence-electron chi connectivity index (χ3n) is 2.74. The molecule has 0 aliphatic carbocycles. The van der Waals surface area contributed by atoms with Gasteiger partial charge in [0.2, 0.25) is 0 Å². The first-order chi connectivity index (χ1) is 7.44. The molecule has 0 saturated carbocycles. The molecule has 0 unspecified atom stereocenters. The molecule has 2 N–H and O–H groups in total. The summed E-state index contributed by atoms with van der Waals surface area (Å²) < 4.78 is 26.0. The molecule has 0 saturated heterocycles. The fourth-order valence-corrected chi connectivity index (χ4v) is 1.42. The van der Waals surface area contributed by atoms with E-state index in [-0.39, 0.29) is 5.54 Å². The van der Waals surface area contributed by atoms with Crippen molar-refractivity contribution < 1.29 is 8.78 Å². The van der Waals surface area contributed by atoms with Gasteiger partial charge in [-0.25, -0.2) is 13.8 Å². The first-order valence-corrected chi connectivity index (χ1v) is 4.98. The van der Waals surface area contributed by atoms with Crippen LogP contribution in [-0.2, 0) is 5.54 Å². The molecule has 5 heteroatoms. The van der Waals surface area contributed by atoms with E-state index in [4.69, 9.17) is 0 Å². The van der Waals surface area contributed by atoms with Crippen LogP contribution in [0.3, 0.4) is 0 Å². The SMILES string of the molecule is CNC(C)(C)c1nc2cc(F)c(F)cc2[nH]1. The maximum absolute atomic E-state index is 13.0. The Kier molecular flexibility index (Phi) is 2.42. The number of rotatable bonds is 2. The van der Waals surface area contributed by atoms with E-state index in [9.17, 15) is 8.78 Å². The van der Waals surface area contributed by atoms with Crippen molar-refractivity contribution in [2.75, 3.05) is 7.05 Å². The smallest absolute Gasteiger partial charge is 0.161 e. The molecule has 2 rings (SSSR count). The van der Waals surface area contributed by atoms with Gasteiger partial charge < -0.3 is 10.3 Å². The topological polar surface area (TPSA) is 40.7 Å². The molecule has 0 aliphatic heterocycles. The third kappa shape index (κ3) is 1.67. The molecule has 0 spiro atoms. The minimum Gasteiger partial charge on any atom is -0.340 e. The van der Waals surface area contributed by atoms with Crippen LogP contribution in [-0.4, -0.2) is 17.0 Å². The van der Waals surface area contributed by atoms with Gasteiger partial charge in [-0.3, -0.25) is 0 Å². The lowest BCUT2D eigenvalue weighted by Gasteiger charge is -2.20. The quantitative estimate of drug-likeness (QED) is 0.823. The second kappa shape index (κ2) is 3.52. The summed E-state index contributed by atoms with van der Waals surface area (Å²) in [6.45, 7) is 3.86. The number of aromatic amines is 1. The minimum absolute atomic E-state index is 0.369. The van der Waals surface area contributed by atoms with E-state index in [1.54, 1.807) is 7.05 Å². The molecule has 0 aliphatic rings. The van der Waals surface area contributed by atoms with Crippen molar-refractivity contribution in [3.8, 4) is 0 Å². The first-order valence-electron chi connectivity index (χ1n) is 4.98. The highest BCUT2D eigenvalue weighted by Crippen LogP contribution is 2.22. The molecule has 1 aromatic carbocycles. The van der Waals surface area contributed by atoms with Crippen molar-refractivity contribution in [3.63, 3.8) is 0 Å². The summed E-state index contributed by atoms with van der Waals surface area (Å²) in [6, 6.07) is 2.21. The van der Waals surface area contributed by atoms with E-state index in [1.165, 1.54) is 0 Å². The molecule has 86 valence electrons. The van der Waals surface area contributed by atoms with Crippen LogP contribution in [0.15, 0.2) is 12.1 Å². The van der Waals surface area contributed by atoms with Crippen molar-refractivity contribution in [1.82, 2.24) is 15.3 Å². The number of hydrogen-bond acceptors (Lipinski definition) is 2. The van der Waals surface area contributed by atoms with Crippen LogP contribution in [0.4, 0.5) is 8.78 Å². The lowest BCUT2D eigenvalue weighted by molar-refractivity contribution is 0.422. The first kappa shape index (κ1) is 11.0. The van der Waals surface area contributed by atoms with Crippen molar-refractivity contribution in [3.05, 3.63) is 29.6 Å². The summed E-state index contributed by atoms with van der Waals surface area (Å²) in [5.74, 6) is -1.10. The van der Waals surface area contributed by atoms with Crippen molar-refractivity contribution in [2.24, 2.45) is 0 Å². The van der Waals surface area contributed by atoms with Gasteiger partial charge >= 0.3 is 0 Å². The molecule has 16 heavy (non-hydrogen) atoms. The summed E-state index contributed by atoms with van der Waals surface area (Å²) in [4.78, 5) is 7.21. The van der Waals surface area contributed by atoms with E-state index in [1.807, 2.05) is 13.8 Å². The number of halogens is 2. The molecule has 1 aromatic heterocycles. The number of fused-ring (bicyclic) bond motifs is 1. The summed E-state index contributed by atoms with van der Waals surface area (Å²) in [5.41, 5.74) is 0.556. The van der Waals surface area contributed by atoms with Crippen LogP contribution in [0.25, 0.3) is 11.0 Å². The Morgan fingerprint density at radius 3 is 2.50 bits per heavy atom. The van der Waals surface area contributed by atoms with E-state index < -0.39 is 11.6 Å². The average molecular weight is 225 g/mol. The van der Waals surface area contributed by atoms with Gasteiger partial charge in [-0.15, -0.1) is 0 Å². The molecule has 0 fully saturated rings. The second-order valence-electron chi connectivity index (χ2n) is 4.24. The Hall–Kier alpha value is -1.49. The number of nitrogens with zero attached hydrogens (tertiary/aromatic N) is 1. The zero-order valence-electron chi connectivity index (χ0n) is 9.36. The summed E-state index contributed by atoms with van der Waals surface area (Å²) in [7, 11) is 1.80. The highest BCUT2D eigenvalue weighted by atomic mass is 19.2. The number of nitrogens with one attached hydrogen (secondary N) is 2. The molecule has 0 radical (unpaired) electrons. The molecule has 0 bridgehead atoms. The number of H-pyrrole nitrogens is 1. The molecule has 0 amide bonds. The summed E-state index contributed by atoms with van der Waals surface area (Å²) in [6.07, 6.45) is 0. The molecular weight excluding hydrogens is 212 g/mol. The van der Waals surface area contributed by atoms with Crippen molar-refractivity contribution in [2.45, 2.75) is 19.4 Å². The van der Waals surface area contributed by atoms with Crippen molar-refractivity contribution in [1.29, 1.82) is 0 Å². The van der Waals surface area contributed by atoms with Gasteiger partial charge in [-0.2, -0.15) is 0 Å². The second-order valence-corrected chi connectivity index (χ2v) is 4.24. The van der Waals surface area contributed by atoms with E-state index in [0.29, 0.717) is 16.9 Å². The van der Waals surface area contributed by atoms with Crippen LogP contribution >= 0.6 is 0 Å². The van der Waals surface area contributed by atoms with Crippen LogP contribution in [0.2, 0.25) is 0 Å². The number of hydrogen-bond donors (Lipinski definition) is 2. The van der Waals surface area contributed by atoms with Crippen LogP contribution < -0.4 is 5.32 Å². The molecular formula is C11H13F2N3. The maximum Gasteiger partial charge on any atom is 0.161 e. The maximum atomic E-state index is 13.0. The standard InChI is InChI=1S/C11H13F2N3/c1-11(2,14-3)10-15-8-4-6(12)7(13)5-9(8)16-10/h4-5,14H,1-3H3,(H,15,16). The highest BCUT2D eigenvalue weighted by molar-refractivity contribution is 5.75. The van der Waals surface area contributed by atoms with Gasteiger partial charge in [0.05, 0.1) is 16.6 Å². The van der Waals surface area contributed by atoms with Gasteiger partial charge in [0, 0.05) is 12.1 Å². The number of aromatic nitrogens is 2. The number of imidazole rings is 1. The predicted octanol–water partition coefficient (Wildman–Crippen LogP) is 2.30.